The summed E-state index contributed by atoms with van der Waals surface area (Å²) in [6.07, 6.45) is 0. The molecule has 2 nitrogen and oxygen atoms in total. The van der Waals surface area contributed by atoms with Crippen molar-refractivity contribution in [3.8, 4) is 5.75 Å². The van der Waals surface area contributed by atoms with Crippen LogP contribution < -0.4 is 10.1 Å². The van der Waals surface area contributed by atoms with Crippen molar-refractivity contribution in [2.75, 3.05) is 6.61 Å². The Bertz CT molecular complexity index is 388. The summed E-state index contributed by atoms with van der Waals surface area (Å²) in [6.45, 7) is 11.4. The van der Waals surface area contributed by atoms with E-state index in [1.165, 1.54) is 5.56 Å². The highest BCUT2D eigenvalue weighted by atomic mass is 79.9. The number of hydrogen-bond donors (Lipinski definition) is 1. The van der Waals surface area contributed by atoms with E-state index in [0.717, 1.165) is 22.3 Å². The third kappa shape index (κ3) is 4.92. The van der Waals surface area contributed by atoms with Crippen LogP contribution in [0, 0.1) is 6.92 Å². The van der Waals surface area contributed by atoms with Gasteiger partial charge in [-0.3, -0.25) is 0 Å². The van der Waals surface area contributed by atoms with Gasteiger partial charge in [0.15, 0.2) is 0 Å². The van der Waals surface area contributed by atoms with Crippen LogP contribution in [-0.2, 0) is 6.54 Å². The number of halogens is 1. The first-order valence-corrected chi connectivity index (χ1v) is 6.58. The Morgan fingerprint density at radius 1 is 1.47 bits per heavy atom. The second-order valence-electron chi connectivity index (χ2n) is 4.40. The zero-order valence-electron chi connectivity index (χ0n) is 10.7. The smallest absolute Gasteiger partial charge is 0.127 e. The van der Waals surface area contributed by atoms with Gasteiger partial charge in [0.05, 0.1) is 0 Å². The molecular weight excluding hydrogens is 278 g/mol. The number of rotatable bonds is 6. The van der Waals surface area contributed by atoms with Crippen molar-refractivity contribution in [1.29, 1.82) is 0 Å². The molecule has 0 aromatic heterocycles. The first-order chi connectivity index (χ1) is 8.00. The largest absolute Gasteiger partial charge is 0.488 e. The van der Waals surface area contributed by atoms with Crippen molar-refractivity contribution >= 4 is 15.9 Å². The summed E-state index contributed by atoms with van der Waals surface area (Å²) >= 11 is 3.31. The van der Waals surface area contributed by atoms with Gasteiger partial charge in [-0.25, -0.2) is 0 Å². The fourth-order valence-corrected chi connectivity index (χ4v) is 1.64. The molecule has 0 amide bonds. The molecule has 0 saturated heterocycles. The summed E-state index contributed by atoms with van der Waals surface area (Å²) < 4.78 is 6.63. The van der Waals surface area contributed by atoms with Crippen LogP contribution in [0.15, 0.2) is 29.3 Å². The van der Waals surface area contributed by atoms with Crippen LogP contribution in [0.4, 0.5) is 0 Å². The zero-order valence-corrected chi connectivity index (χ0v) is 12.3. The van der Waals surface area contributed by atoms with Crippen molar-refractivity contribution in [1.82, 2.24) is 5.32 Å². The molecule has 0 atom stereocenters. The van der Waals surface area contributed by atoms with Crippen LogP contribution in [0.2, 0.25) is 0 Å². The molecule has 3 heteroatoms. The number of ether oxygens (including phenoxy) is 1. The average Bonchev–Trinajstić information content (AvgIpc) is 2.24. The topological polar surface area (TPSA) is 21.3 Å². The Balaban J connectivity index is 2.80. The van der Waals surface area contributed by atoms with Gasteiger partial charge < -0.3 is 10.1 Å². The Labute approximate surface area is 112 Å². The van der Waals surface area contributed by atoms with Gasteiger partial charge in [-0.2, -0.15) is 0 Å². The van der Waals surface area contributed by atoms with Gasteiger partial charge in [0, 0.05) is 22.6 Å². The molecule has 0 bridgehead atoms. The normalized spacial score (nSPS) is 10.6. The molecule has 0 aliphatic rings. The van der Waals surface area contributed by atoms with E-state index >= 15 is 0 Å². The van der Waals surface area contributed by atoms with Gasteiger partial charge in [-0.1, -0.05) is 54.6 Å². The van der Waals surface area contributed by atoms with Crippen molar-refractivity contribution in [3.63, 3.8) is 0 Å². The lowest BCUT2D eigenvalue weighted by Crippen LogP contribution is -2.22. The maximum Gasteiger partial charge on any atom is 0.127 e. The summed E-state index contributed by atoms with van der Waals surface area (Å²) in [6, 6.07) is 6.68. The maximum atomic E-state index is 5.78. The van der Waals surface area contributed by atoms with Gasteiger partial charge in [0.2, 0.25) is 0 Å². The molecule has 94 valence electrons. The lowest BCUT2D eigenvalue weighted by Gasteiger charge is -2.15. The van der Waals surface area contributed by atoms with Gasteiger partial charge in [-0.15, -0.1) is 0 Å². The second-order valence-corrected chi connectivity index (χ2v) is 5.53. The SMILES string of the molecule is C=C(Br)COc1c(C)cccc1CNC(C)C. The van der Waals surface area contributed by atoms with E-state index in [-0.39, 0.29) is 0 Å². The second kappa shape index (κ2) is 6.82. The van der Waals surface area contributed by atoms with E-state index in [0.29, 0.717) is 12.6 Å². The van der Waals surface area contributed by atoms with E-state index in [1.807, 2.05) is 0 Å². The van der Waals surface area contributed by atoms with Crippen LogP contribution in [-0.4, -0.2) is 12.6 Å². The molecule has 1 aromatic rings. The molecule has 0 aliphatic heterocycles. The van der Waals surface area contributed by atoms with Crippen LogP contribution >= 0.6 is 15.9 Å². The molecule has 17 heavy (non-hydrogen) atoms. The van der Waals surface area contributed by atoms with E-state index in [2.05, 4.69) is 66.8 Å². The van der Waals surface area contributed by atoms with E-state index in [4.69, 9.17) is 4.74 Å². The van der Waals surface area contributed by atoms with E-state index < -0.39 is 0 Å². The molecule has 0 fully saturated rings. The third-order valence-electron chi connectivity index (χ3n) is 2.37. The lowest BCUT2D eigenvalue weighted by atomic mass is 10.1. The van der Waals surface area contributed by atoms with E-state index in [9.17, 15) is 0 Å². The van der Waals surface area contributed by atoms with Crippen molar-refractivity contribution in [3.05, 3.63) is 40.4 Å². The summed E-state index contributed by atoms with van der Waals surface area (Å²) in [4.78, 5) is 0. The molecule has 0 aliphatic carbocycles. The molecule has 0 unspecified atom stereocenters. The van der Waals surface area contributed by atoms with E-state index in [1.54, 1.807) is 0 Å². The predicted molar refractivity (Wildman–Crippen MR) is 76.7 cm³/mol. The van der Waals surface area contributed by atoms with Gasteiger partial charge in [0.25, 0.3) is 0 Å². The van der Waals surface area contributed by atoms with Crippen LogP contribution in [0.1, 0.15) is 25.0 Å². The molecule has 1 rings (SSSR count). The quantitative estimate of drug-likeness (QED) is 0.863. The predicted octanol–water partition coefficient (Wildman–Crippen LogP) is 3.78. The Morgan fingerprint density at radius 3 is 2.76 bits per heavy atom. The van der Waals surface area contributed by atoms with Gasteiger partial charge >= 0.3 is 0 Å². The summed E-state index contributed by atoms with van der Waals surface area (Å²) in [5.74, 6) is 0.959. The number of benzene rings is 1. The van der Waals surface area contributed by atoms with Gasteiger partial charge in [-0.05, 0) is 12.5 Å². The number of para-hydroxylation sites is 1. The highest BCUT2D eigenvalue weighted by Gasteiger charge is 2.07. The zero-order chi connectivity index (χ0) is 12.8. The molecule has 1 aromatic carbocycles. The highest BCUT2D eigenvalue weighted by molar-refractivity contribution is 9.11. The molecular formula is C14H20BrNO. The first-order valence-electron chi connectivity index (χ1n) is 5.78. The summed E-state index contributed by atoms with van der Waals surface area (Å²) in [7, 11) is 0. The molecule has 0 heterocycles. The first kappa shape index (κ1) is 14.3. The Kier molecular flexibility index (Phi) is 5.72. The minimum atomic E-state index is 0.467. The minimum Gasteiger partial charge on any atom is -0.488 e. The van der Waals surface area contributed by atoms with Crippen molar-refractivity contribution < 1.29 is 4.74 Å². The molecule has 0 radical (unpaired) electrons. The highest BCUT2D eigenvalue weighted by Crippen LogP contribution is 2.24. The standard InChI is InChI=1S/C14H20BrNO/c1-10(2)16-8-13-7-5-6-11(3)14(13)17-9-12(4)15/h5-7,10,16H,4,8-9H2,1-3H3. The summed E-state index contributed by atoms with van der Waals surface area (Å²) in [5, 5.41) is 3.40. The fraction of sp³-hybridized carbons (Fsp3) is 0.429. The maximum absolute atomic E-state index is 5.78. The Morgan fingerprint density at radius 2 is 2.18 bits per heavy atom. The number of aryl methyl sites for hydroxylation is 1. The van der Waals surface area contributed by atoms with Crippen LogP contribution in [0.3, 0.4) is 0 Å². The summed E-state index contributed by atoms with van der Waals surface area (Å²) in [5.41, 5.74) is 2.34. The van der Waals surface area contributed by atoms with Crippen LogP contribution in [0.25, 0.3) is 0 Å². The average molecular weight is 298 g/mol. The molecule has 0 saturated carbocycles. The van der Waals surface area contributed by atoms with Gasteiger partial charge in [0.1, 0.15) is 12.4 Å². The minimum absolute atomic E-state index is 0.467. The Hall–Kier alpha value is -0.800. The van der Waals surface area contributed by atoms with Crippen LogP contribution in [0.5, 0.6) is 5.75 Å². The fourth-order valence-electron chi connectivity index (χ4n) is 1.52. The molecule has 1 N–H and O–H groups in total. The number of hydrogen-bond acceptors (Lipinski definition) is 2. The number of nitrogens with one attached hydrogen (secondary N) is 1. The monoisotopic (exact) mass is 297 g/mol. The van der Waals surface area contributed by atoms with Crippen molar-refractivity contribution in [2.24, 2.45) is 0 Å². The lowest BCUT2D eigenvalue weighted by molar-refractivity contribution is 0.352. The molecule has 0 spiro atoms. The van der Waals surface area contributed by atoms with Crippen molar-refractivity contribution in [2.45, 2.75) is 33.4 Å². The third-order valence-corrected chi connectivity index (χ3v) is 2.60.